The maximum absolute atomic E-state index is 4.48. The van der Waals surface area contributed by atoms with Crippen molar-refractivity contribution in [1.29, 1.82) is 0 Å². The van der Waals surface area contributed by atoms with Crippen molar-refractivity contribution in [1.82, 2.24) is 25.1 Å². The van der Waals surface area contributed by atoms with E-state index in [1.54, 1.807) is 4.68 Å². The van der Waals surface area contributed by atoms with E-state index in [1.807, 2.05) is 32.3 Å². The Kier molecular flexibility index (Phi) is 3.72. The predicted octanol–water partition coefficient (Wildman–Crippen LogP) is 1.78. The molecule has 0 saturated carbocycles. The van der Waals surface area contributed by atoms with E-state index in [1.165, 1.54) is 0 Å². The zero-order chi connectivity index (χ0) is 13.1. The van der Waals surface area contributed by atoms with Crippen molar-refractivity contribution in [3.05, 3.63) is 35.4 Å². The van der Waals surface area contributed by atoms with Gasteiger partial charge < -0.3 is 5.32 Å². The Morgan fingerprint density at radius 3 is 2.67 bits per heavy atom. The fourth-order valence-electron chi connectivity index (χ4n) is 1.60. The monoisotopic (exact) mass is 245 g/mol. The fourth-order valence-corrected chi connectivity index (χ4v) is 1.60. The van der Waals surface area contributed by atoms with Crippen molar-refractivity contribution in [2.45, 2.75) is 40.3 Å². The van der Waals surface area contributed by atoms with Crippen molar-refractivity contribution in [3.63, 3.8) is 0 Å². The number of aryl methyl sites for hydroxylation is 2. The topological polar surface area (TPSA) is 55.6 Å². The molecule has 0 atom stereocenters. The lowest BCUT2D eigenvalue weighted by Gasteiger charge is -2.10. The van der Waals surface area contributed by atoms with Gasteiger partial charge in [-0.1, -0.05) is 13.8 Å². The highest BCUT2D eigenvalue weighted by Crippen LogP contribution is 2.07. The van der Waals surface area contributed by atoms with E-state index in [4.69, 9.17) is 0 Å². The second-order valence-electron chi connectivity index (χ2n) is 4.72. The van der Waals surface area contributed by atoms with Gasteiger partial charge in [-0.05, 0) is 19.9 Å². The largest absolute Gasteiger partial charge is 0.310 e. The Balaban J connectivity index is 2.19. The lowest BCUT2D eigenvalue weighted by atomic mass is 10.2. The van der Waals surface area contributed by atoms with Crippen molar-refractivity contribution in [2.75, 3.05) is 0 Å². The van der Waals surface area contributed by atoms with Gasteiger partial charge in [-0.15, -0.1) is 0 Å². The van der Waals surface area contributed by atoms with Crippen LogP contribution in [0.5, 0.6) is 0 Å². The highest BCUT2D eigenvalue weighted by molar-refractivity contribution is 5.21. The molecule has 0 aliphatic rings. The summed E-state index contributed by atoms with van der Waals surface area (Å²) in [6.07, 6.45) is 3.74. The quantitative estimate of drug-likeness (QED) is 0.892. The fraction of sp³-hybridized carbons (Fsp3) is 0.462. The summed E-state index contributed by atoms with van der Waals surface area (Å²) in [5.74, 6) is 0.619. The molecule has 0 fully saturated rings. The van der Waals surface area contributed by atoms with Crippen molar-refractivity contribution < 1.29 is 0 Å². The van der Waals surface area contributed by atoms with Crippen LogP contribution in [0.25, 0.3) is 5.95 Å². The summed E-state index contributed by atoms with van der Waals surface area (Å²) >= 11 is 0. The van der Waals surface area contributed by atoms with Crippen LogP contribution >= 0.6 is 0 Å². The summed E-state index contributed by atoms with van der Waals surface area (Å²) in [6, 6.07) is 2.39. The third-order valence-electron chi connectivity index (χ3n) is 2.70. The van der Waals surface area contributed by atoms with Crippen LogP contribution < -0.4 is 5.32 Å². The Labute approximate surface area is 107 Å². The van der Waals surface area contributed by atoms with Gasteiger partial charge in [0.25, 0.3) is 5.95 Å². The van der Waals surface area contributed by atoms with Crippen molar-refractivity contribution >= 4 is 0 Å². The molecule has 5 nitrogen and oxygen atoms in total. The van der Waals surface area contributed by atoms with E-state index < -0.39 is 0 Å². The summed E-state index contributed by atoms with van der Waals surface area (Å²) in [7, 11) is 0. The minimum absolute atomic E-state index is 0.456. The van der Waals surface area contributed by atoms with Crippen molar-refractivity contribution in [2.24, 2.45) is 0 Å². The van der Waals surface area contributed by atoms with Crippen LogP contribution in [0, 0.1) is 13.8 Å². The lowest BCUT2D eigenvalue weighted by molar-refractivity contribution is 0.584. The molecular weight excluding hydrogens is 226 g/mol. The molecule has 2 aromatic heterocycles. The third-order valence-corrected chi connectivity index (χ3v) is 2.70. The normalized spacial score (nSPS) is 11.2. The molecule has 0 bridgehead atoms. The average Bonchev–Trinajstić information content (AvgIpc) is 2.74. The molecule has 2 heterocycles. The molecule has 0 aromatic carbocycles. The van der Waals surface area contributed by atoms with Crippen molar-refractivity contribution in [3.8, 4) is 5.95 Å². The van der Waals surface area contributed by atoms with E-state index in [-0.39, 0.29) is 0 Å². The molecule has 0 spiro atoms. The maximum atomic E-state index is 4.48. The summed E-state index contributed by atoms with van der Waals surface area (Å²) in [5, 5.41) is 7.67. The van der Waals surface area contributed by atoms with E-state index in [0.29, 0.717) is 12.0 Å². The van der Waals surface area contributed by atoms with Crippen LogP contribution in [0.2, 0.25) is 0 Å². The van der Waals surface area contributed by atoms with E-state index in [0.717, 1.165) is 23.5 Å². The maximum Gasteiger partial charge on any atom is 0.250 e. The second-order valence-corrected chi connectivity index (χ2v) is 4.72. The number of nitrogens with one attached hydrogen (secondary N) is 1. The van der Waals surface area contributed by atoms with E-state index >= 15 is 0 Å². The first-order chi connectivity index (χ1) is 8.56. The molecule has 5 heteroatoms. The summed E-state index contributed by atoms with van der Waals surface area (Å²) in [4.78, 5) is 8.83. The SMILES string of the molecule is Cc1ccn(-c2ncc(CNC(C)C)c(C)n2)n1. The Hall–Kier alpha value is -1.75. The highest BCUT2D eigenvalue weighted by Gasteiger charge is 2.06. The summed E-state index contributed by atoms with van der Waals surface area (Å²) in [6.45, 7) is 8.99. The third kappa shape index (κ3) is 2.92. The zero-order valence-electron chi connectivity index (χ0n) is 11.3. The lowest BCUT2D eigenvalue weighted by Crippen LogP contribution is -2.22. The first-order valence-electron chi connectivity index (χ1n) is 6.15. The number of hydrogen-bond acceptors (Lipinski definition) is 4. The number of rotatable bonds is 4. The molecule has 0 aliphatic carbocycles. The molecule has 96 valence electrons. The Morgan fingerprint density at radius 2 is 2.11 bits per heavy atom. The molecular formula is C13H19N5. The second kappa shape index (κ2) is 5.27. The number of nitrogens with zero attached hydrogens (tertiary/aromatic N) is 4. The standard InChI is InChI=1S/C13H19N5/c1-9(2)14-7-12-8-15-13(16-11(12)4)18-6-5-10(3)17-18/h5-6,8-9,14H,7H2,1-4H3. The van der Waals surface area contributed by atoms with Gasteiger partial charge in [0, 0.05) is 36.2 Å². The molecule has 0 radical (unpaired) electrons. The number of hydrogen-bond donors (Lipinski definition) is 1. The Morgan fingerprint density at radius 1 is 1.33 bits per heavy atom. The average molecular weight is 245 g/mol. The van der Waals surface area contributed by atoms with Crippen LogP contribution in [-0.2, 0) is 6.54 Å². The van der Waals surface area contributed by atoms with Gasteiger partial charge >= 0.3 is 0 Å². The minimum atomic E-state index is 0.456. The summed E-state index contributed by atoms with van der Waals surface area (Å²) < 4.78 is 1.70. The van der Waals surface area contributed by atoms with E-state index in [9.17, 15) is 0 Å². The molecule has 2 aromatic rings. The zero-order valence-corrected chi connectivity index (χ0v) is 11.3. The molecule has 18 heavy (non-hydrogen) atoms. The van der Waals surface area contributed by atoms with Gasteiger partial charge in [0.1, 0.15) is 0 Å². The molecule has 0 unspecified atom stereocenters. The van der Waals surface area contributed by atoms with Gasteiger partial charge in [-0.3, -0.25) is 0 Å². The van der Waals surface area contributed by atoms with Gasteiger partial charge in [0.05, 0.1) is 5.69 Å². The van der Waals surface area contributed by atoms with Gasteiger partial charge in [0.2, 0.25) is 0 Å². The van der Waals surface area contributed by atoms with Crippen LogP contribution in [0.1, 0.15) is 30.8 Å². The summed E-state index contributed by atoms with van der Waals surface area (Å²) in [5.41, 5.74) is 3.07. The van der Waals surface area contributed by atoms with Crippen LogP contribution in [0.3, 0.4) is 0 Å². The molecule has 0 saturated heterocycles. The van der Waals surface area contributed by atoms with Crippen LogP contribution in [0.15, 0.2) is 18.5 Å². The minimum Gasteiger partial charge on any atom is -0.310 e. The van der Waals surface area contributed by atoms with Crippen LogP contribution in [0.4, 0.5) is 0 Å². The Bertz CT molecular complexity index is 530. The number of aromatic nitrogens is 4. The van der Waals surface area contributed by atoms with Gasteiger partial charge in [-0.25, -0.2) is 14.6 Å². The predicted molar refractivity (Wildman–Crippen MR) is 70.6 cm³/mol. The van der Waals surface area contributed by atoms with Gasteiger partial charge in [0.15, 0.2) is 0 Å². The first-order valence-corrected chi connectivity index (χ1v) is 6.15. The highest BCUT2D eigenvalue weighted by atomic mass is 15.3. The van der Waals surface area contributed by atoms with E-state index in [2.05, 4.69) is 34.2 Å². The first kappa shape index (κ1) is 12.7. The molecule has 1 N–H and O–H groups in total. The molecule has 2 rings (SSSR count). The van der Waals surface area contributed by atoms with Gasteiger partial charge in [-0.2, -0.15) is 5.10 Å². The molecule has 0 amide bonds. The molecule has 0 aliphatic heterocycles. The van der Waals surface area contributed by atoms with Crippen LogP contribution in [-0.4, -0.2) is 25.8 Å². The smallest absolute Gasteiger partial charge is 0.250 e.